The number of para-hydroxylation sites is 1. The zero-order valence-corrected chi connectivity index (χ0v) is 11.0. The van der Waals surface area contributed by atoms with Crippen LogP contribution in [0.2, 0.25) is 0 Å². The van der Waals surface area contributed by atoms with E-state index < -0.39 is 5.54 Å². The van der Waals surface area contributed by atoms with Gasteiger partial charge in [-0.25, -0.2) is 0 Å². The number of benzene rings is 1. The van der Waals surface area contributed by atoms with Gasteiger partial charge in [0.1, 0.15) is 5.54 Å². The molecule has 1 aliphatic heterocycles. The Bertz CT molecular complexity index is 498. The topological polar surface area (TPSA) is 49.4 Å². The summed E-state index contributed by atoms with van der Waals surface area (Å²) in [7, 11) is 1.69. The summed E-state index contributed by atoms with van der Waals surface area (Å²) < 4.78 is 0. The molecular formula is C14H18N2O2. The third-order valence-corrected chi connectivity index (χ3v) is 3.68. The summed E-state index contributed by atoms with van der Waals surface area (Å²) in [6.45, 7) is 3.82. The van der Waals surface area contributed by atoms with Crippen LogP contribution >= 0.6 is 0 Å². The van der Waals surface area contributed by atoms with Crippen molar-refractivity contribution in [2.75, 3.05) is 12.4 Å². The highest BCUT2D eigenvalue weighted by molar-refractivity contribution is 6.11. The van der Waals surface area contributed by atoms with Crippen LogP contribution in [0.15, 0.2) is 24.3 Å². The molecule has 0 bridgehead atoms. The number of carbonyl (C=O) groups excluding carboxylic acids is 2. The van der Waals surface area contributed by atoms with E-state index in [0.717, 1.165) is 6.42 Å². The Morgan fingerprint density at radius 1 is 1.28 bits per heavy atom. The van der Waals surface area contributed by atoms with Crippen LogP contribution in [-0.2, 0) is 4.79 Å². The van der Waals surface area contributed by atoms with Crippen LogP contribution in [0, 0.1) is 0 Å². The predicted molar refractivity (Wildman–Crippen MR) is 70.5 cm³/mol. The number of nitrogens with one attached hydrogen (secondary N) is 1. The largest absolute Gasteiger partial charge is 0.327 e. The maximum absolute atomic E-state index is 12.4. The molecule has 4 nitrogen and oxygen atoms in total. The molecule has 0 saturated carbocycles. The fourth-order valence-electron chi connectivity index (χ4n) is 2.36. The van der Waals surface area contributed by atoms with Crippen molar-refractivity contribution in [1.29, 1.82) is 0 Å². The van der Waals surface area contributed by atoms with E-state index in [1.165, 1.54) is 0 Å². The lowest BCUT2D eigenvalue weighted by Gasteiger charge is -2.35. The zero-order valence-electron chi connectivity index (χ0n) is 11.0. The highest BCUT2D eigenvalue weighted by atomic mass is 16.2. The van der Waals surface area contributed by atoms with Gasteiger partial charge in [0.2, 0.25) is 5.91 Å². The summed E-state index contributed by atoms with van der Waals surface area (Å²) in [4.78, 5) is 26.3. The number of hydrogen-bond acceptors (Lipinski definition) is 2. The molecule has 0 aliphatic carbocycles. The van der Waals surface area contributed by atoms with E-state index in [-0.39, 0.29) is 11.8 Å². The third-order valence-electron chi connectivity index (χ3n) is 3.68. The number of fused-ring (bicyclic) bond motifs is 1. The molecule has 0 unspecified atom stereocenters. The van der Waals surface area contributed by atoms with Crippen LogP contribution in [0.1, 0.15) is 37.0 Å². The summed E-state index contributed by atoms with van der Waals surface area (Å²) >= 11 is 0. The number of carbonyl (C=O) groups is 2. The van der Waals surface area contributed by atoms with Gasteiger partial charge in [-0.1, -0.05) is 25.5 Å². The van der Waals surface area contributed by atoms with Gasteiger partial charge in [-0.15, -0.1) is 0 Å². The molecule has 0 radical (unpaired) electrons. The van der Waals surface area contributed by atoms with Crippen LogP contribution < -0.4 is 5.32 Å². The molecule has 1 N–H and O–H groups in total. The summed E-state index contributed by atoms with van der Waals surface area (Å²) in [6, 6.07) is 7.12. The fourth-order valence-corrected chi connectivity index (χ4v) is 2.36. The highest BCUT2D eigenvalue weighted by Gasteiger charge is 2.42. The number of nitrogens with zero attached hydrogens (tertiary/aromatic N) is 1. The molecule has 0 spiro atoms. The molecule has 2 amide bonds. The van der Waals surface area contributed by atoms with Gasteiger partial charge in [-0.05, 0) is 25.5 Å². The monoisotopic (exact) mass is 246 g/mol. The molecule has 96 valence electrons. The normalized spacial score (nSPS) is 23.4. The second-order valence-corrected chi connectivity index (χ2v) is 4.89. The average Bonchev–Trinajstić information content (AvgIpc) is 2.43. The van der Waals surface area contributed by atoms with Crippen molar-refractivity contribution in [3.8, 4) is 0 Å². The van der Waals surface area contributed by atoms with Crippen LogP contribution in [-0.4, -0.2) is 29.3 Å². The Morgan fingerprint density at radius 3 is 2.61 bits per heavy atom. The first-order chi connectivity index (χ1) is 8.50. The van der Waals surface area contributed by atoms with E-state index in [1.807, 2.05) is 19.9 Å². The van der Waals surface area contributed by atoms with Crippen LogP contribution in [0.4, 0.5) is 5.69 Å². The minimum Gasteiger partial charge on any atom is -0.327 e. The summed E-state index contributed by atoms with van der Waals surface area (Å²) in [5, 5.41) is 2.86. The lowest BCUT2D eigenvalue weighted by atomic mass is 9.93. The first-order valence-electron chi connectivity index (χ1n) is 6.19. The maximum atomic E-state index is 12.4. The van der Waals surface area contributed by atoms with Gasteiger partial charge in [-0.3, -0.25) is 9.59 Å². The van der Waals surface area contributed by atoms with E-state index in [1.54, 1.807) is 30.1 Å². The van der Waals surface area contributed by atoms with Gasteiger partial charge >= 0.3 is 0 Å². The van der Waals surface area contributed by atoms with E-state index in [2.05, 4.69) is 5.32 Å². The Morgan fingerprint density at radius 2 is 1.94 bits per heavy atom. The second kappa shape index (κ2) is 4.44. The number of rotatable bonds is 2. The van der Waals surface area contributed by atoms with E-state index in [4.69, 9.17) is 0 Å². The SMILES string of the molecule is CCC[C@@]1(C)C(=O)Nc2ccccc2C(=O)N1C. The number of likely N-dealkylation sites (N-methyl/N-ethyl adjacent to an activating group) is 1. The Balaban J connectivity index is 2.51. The van der Waals surface area contributed by atoms with Crippen molar-refractivity contribution in [3.05, 3.63) is 29.8 Å². The van der Waals surface area contributed by atoms with E-state index in [9.17, 15) is 9.59 Å². The standard InChI is InChI=1S/C14H18N2O2/c1-4-9-14(2)13(18)15-11-8-6-5-7-10(11)12(17)16(14)3/h5-8H,4,9H2,1-3H3,(H,15,18)/t14-/m0/s1. The molecule has 1 aliphatic rings. The van der Waals surface area contributed by atoms with Crippen molar-refractivity contribution in [2.24, 2.45) is 0 Å². The number of hydrogen-bond donors (Lipinski definition) is 1. The molecule has 0 saturated heterocycles. The Kier molecular flexibility index (Phi) is 3.11. The summed E-state index contributed by atoms with van der Waals surface area (Å²) in [5.41, 5.74) is 0.359. The van der Waals surface area contributed by atoms with Gasteiger partial charge < -0.3 is 10.2 Å². The second-order valence-electron chi connectivity index (χ2n) is 4.89. The van der Waals surface area contributed by atoms with Crippen LogP contribution in [0.5, 0.6) is 0 Å². The van der Waals surface area contributed by atoms with Crippen molar-refractivity contribution in [3.63, 3.8) is 0 Å². The fraction of sp³-hybridized carbons (Fsp3) is 0.429. The Hall–Kier alpha value is -1.84. The van der Waals surface area contributed by atoms with Gasteiger partial charge in [-0.2, -0.15) is 0 Å². The molecule has 1 aromatic carbocycles. The van der Waals surface area contributed by atoms with E-state index in [0.29, 0.717) is 17.7 Å². The molecule has 4 heteroatoms. The van der Waals surface area contributed by atoms with Gasteiger partial charge in [0, 0.05) is 7.05 Å². The van der Waals surface area contributed by atoms with E-state index >= 15 is 0 Å². The molecule has 2 rings (SSSR count). The number of anilines is 1. The van der Waals surface area contributed by atoms with Crippen molar-refractivity contribution in [1.82, 2.24) is 4.90 Å². The molecule has 0 aromatic heterocycles. The smallest absolute Gasteiger partial charge is 0.256 e. The van der Waals surface area contributed by atoms with Crippen molar-refractivity contribution < 1.29 is 9.59 Å². The first kappa shape index (κ1) is 12.6. The lowest BCUT2D eigenvalue weighted by Crippen LogP contribution is -2.53. The van der Waals surface area contributed by atoms with Crippen LogP contribution in [0.3, 0.4) is 0 Å². The van der Waals surface area contributed by atoms with Crippen molar-refractivity contribution in [2.45, 2.75) is 32.2 Å². The zero-order chi connectivity index (χ0) is 13.3. The molecule has 1 aromatic rings. The number of amides is 2. The Labute approximate surface area is 107 Å². The maximum Gasteiger partial charge on any atom is 0.256 e. The lowest BCUT2D eigenvalue weighted by molar-refractivity contribution is -0.125. The van der Waals surface area contributed by atoms with Crippen LogP contribution in [0.25, 0.3) is 0 Å². The highest BCUT2D eigenvalue weighted by Crippen LogP contribution is 2.30. The molecule has 1 atom stereocenters. The van der Waals surface area contributed by atoms with Gasteiger partial charge in [0.15, 0.2) is 0 Å². The average molecular weight is 246 g/mol. The molecule has 0 fully saturated rings. The quantitative estimate of drug-likeness (QED) is 0.870. The van der Waals surface area contributed by atoms with Gasteiger partial charge in [0.05, 0.1) is 11.3 Å². The first-order valence-corrected chi connectivity index (χ1v) is 6.19. The molecular weight excluding hydrogens is 228 g/mol. The minimum atomic E-state index is -0.787. The molecule has 1 heterocycles. The third kappa shape index (κ3) is 1.78. The predicted octanol–water partition coefficient (Wildman–Crippen LogP) is 2.27. The summed E-state index contributed by atoms with van der Waals surface area (Å²) in [5.74, 6) is -0.231. The summed E-state index contributed by atoms with van der Waals surface area (Å²) in [6.07, 6.45) is 1.49. The van der Waals surface area contributed by atoms with Gasteiger partial charge in [0.25, 0.3) is 5.91 Å². The minimum absolute atomic E-state index is 0.111. The molecule has 18 heavy (non-hydrogen) atoms. The van der Waals surface area contributed by atoms with Crippen molar-refractivity contribution >= 4 is 17.5 Å².